The van der Waals surface area contributed by atoms with Gasteiger partial charge >= 0.3 is 5.97 Å². The summed E-state index contributed by atoms with van der Waals surface area (Å²) in [7, 11) is 0. The lowest BCUT2D eigenvalue weighted by atomic mass is 10.0. The van der Waals surface area contributed by atoms with Gasteiger partial charge in [0, 0.05) is 0 Å². The molecule has 1 heterocycles. The van der Waals surface area contributed by atoms with Crippen LogP contribution in [0.3, 0.4) is 0 Å². The van der Waals surface area contributed by atoms with Crippen molar-refractivity contribution in [1.82, 2.24) is 4.98 Å². The molecule has 0 bridgehead atoms. The maximum absolute atomic E-state index is 10.7. The highest BCUT2D eigenvalue weighted by atomic mass is 35.5. The van der Waals surface area contributed by atoms with Crippen molar-refractivity contribution in [1.29, 1.82) is 0 Å². The second-order valence-corrected chi connectivity index (χ2v) is 4.56. The Kier molecular flexibility index (Phi) is 4.84. The van der Waals surface area contributed by atoms with E-state index in [0.29, 0.717) is 5.56 Å². The van der Waals surface area contributed by atoms with Crippen LogP contribution in [0, 0.1) is 6.92 Å². The lowest BCUT2D eigenvalue weighted by molar-refractivity contribution is -0.138. The van der Waals surface area contributed by atoms with E-state index in [-0.39, 0.29) is 12.4 Å². The maximum Gasteiger partial charge on any atom is 0.325 e. The van der Waals surface area contributed by atoms with Crippen LogP contribution in [0.2, 0.25) is 0 Å². The zero-order chi connectivity index (χ0) is 12.4. The van der Waals surface area contributed by atoms with Gasteiger partial charge in [-0.25, -0.2) is 4.98 Å². The molecule has 0 aliphatic heterocycles. The molecule has 1 aromatic heterocycles. The Hall–Kier alpha value is -1.43. The monoisotopic (exact) mass is 284 g/mol. The fraction of sp³-hybridized carbons (Fsp3) is 0.167. The van der Waals surface area contributed by atoms with Gasteiger partial charge in [0.15, 0.2) is 0 Å². The molecular weight excluding hydrogens is 272 g/mol. The van der Waals surface area contributed by atoms with Crippen LogP contribution in [-0.4, -0.2) is 16.1 Å². The number of benzene rings is 1. The third-order valence-corrected chi connectivity index (χ3v) is 3.52. The van der Waals surface area contributed by atoms with Crippen LogP contribution < -0.4 is 5.73 Å². The third-order valence-electron chi connectivity index (χ3n) is 2.54. The fourth-order valence-corrected chi connectivity index (χ4v) is 2.38. The van der Waals surface area contributed by atoms with Gasteiger partial charge in [-0.3, -0.25) is 4.79 Å². The molecule has 0 aliphatic carbocycles. The molecule has 0 saturated heterocycles. The number of aryl methyl sites for hydroxylation is 1. The van der Waals surface area contributed by atoms with Crippen molar-refractivity contribution in [2.75, 3.05) is 0 Å². The third kappa shape index (κ3) is 2.87. The van der Waals surface area contributed by atoms with Gasteiger partial charge in [0.1, 0.15) is 6.04 Å². The Bertz CT molecular complexity index is 539. The lowest BCUT2D eigenvalue weighted by Crippen LogP contribution is -2.20. The van der Waals surface area contributed by atoms with Gasteiger partial charge in [0.25, 0.3) is 0 Å². The number of thiazole rings is 1. The summed E-state index contributed by atoms with van der Waals surface area (Å²) in [6, 6.07) is 6.27. The molecule has 0 saturated carbocycles. The van der Waals surface area contributed by atoms with E-state index in [1.807, 2.05) is 19.1 Å². The van der Waals surface area contributed by atoms with Crippen LogP contribution in [-0.2, 0) is 4.79 Å². The molecule has 0 aliphatic rings. The van der Waals surface area contributed by atoms with E-state index in [1.54, 1.807) is 29.0 Å². The van der Waals surface area contributed by atoms with E-state index < -0.39 is 12.0 Å². The summed E-state index contributed by atoms with van der Waals surface area (Å²) in [5.74, 6) is -1.02. The van der Waals surface area contributed by atoms with E-state index in [2.05, 4.69) is 4.98 Å². The van der Waals surface area contributed by atoms with Crippen LogP contribution in [0.15, 0.2) is 29.8 Å². The number of hydrogen-bond acceptors (Lipinski definition) is 4. The molecule has 0 amide bonds. The van der Waals surface area contributed by atoms with Crippen molar-refractivity contribution in [2.24, 2.45) is 5.73 Å². The molecule has 2 aromatic rings. The first kappa shape index (κ1) is 14.6. The minimum atomic E-state index is -1.02. The highest BCUT2D eigenvalue weighted by Crippen LogP contribution is 2.27. The quantitative estimate of drug-likeness (QED) is 0.908. The van der Waals surface area contributed by atoms with E-state index in [0.717, 1.165) is 16.1 Å². The Morgan fingerprint density at radius 2 is 2.00 bits per heavy atom. The Labute approximate surface area is 115 Å². The number of nitrogens with zero attached hydrogens (tertiary/aromatic N) is 1. The Morgan fingerprint density at radius 3 is 2.44 bits per heavy atom. The summed E-state index contributed by atoms with van der Waals surface area (Å²) in [5.41, 5.74) is 9.93. The molecule has 18 heavy (non-hydrogen) atoms. The topological polar surface area (TPSA) is 76.2 Å². The van der Waals surface area contributed by atoms with Gasteiger partial charge in [-0.15, -0.1) is 23.7 Å². The normalized spacial score (nSPS) is 11.7. The van der Waals surface area contributed by atoms with Crippen LogP contribution in [0.1, 0.15) is 17.3 Å². The highest BCUT2D eigenvalue weighted by Gasteiger charge is 2.14. The largest absolute Gasteiger partial charge is 0.480 e. The van der Waals surface area contributed by atoms with Gasteiger partial charge < -0.3 is 10.8 Å². The second-order valence-electron chi connectivity index (χ2n) is 3.70. The van der Waals surface area contributed by atoms with Crippen LogP contribution in [0.25, 0.3) is 10.4 Å². The molecule has 0 radical (unpaired) electrons. The molecule has 0 spiro atoms. The number of aliphatic carboxylic acids is 1. The highest BCUT2D eigenvalue weighted by molar-refractivity contribution is 7.13. The zero-order valence-electron chi connectivity index (χ0n) is 9.66. The zero-order valence-corrected chi connectivity index (χ0v) is 11.3. The Balaban J connectivity index is 0.00000162. The molecular formula is C12H13ClN2O2S. The number of carbonyl (C=O) groups is 1. The minimum Gasteiger partial charge on any atom is -0.480 e. The summed E-state index contributed by atoms with van der Waals surface area (Å²) in [5, 5.41) is 8.80. The van der Waals surface area contributed by atoms with Gasteiger partial charge in [-0.05, 0) is 18.1 Å². The van der Waals surface area contributed by atoms with Crippen molar-refractivity contribution < 1.29 is 9.90 Å². The number of nitrogens with two attached hydrogens (primary N) is 1. The second kappa shape index (κ2) is 5.95. The standard InChI is InChI=1S/C12H12N2O2S.ClH/c1-7-11(17-6-14-7)9-4-2-8(3-5-9)10(13)12(15)16;/h2-6,10H,13H2,1H3,(H,15,16);1H/t10-;/m1./s1. The molecule has 3 N–H and O–H groups in total. The van der Waals surface area contributed by atoms with Crippen LogP contribution >= 0.6 is 23.7 Å². The number of hydrogen-bond donors (Lipinski definition) is 2. The molecule has 0 unspecified atom stereocenters. The number of carboxylic acids is 1. The van der Waals surface area contributed by atoms with Crippen molar-refractivity contribution in [3.05, 3.63) is 41.0 Å². The van der Waals surface area contributed by atoms with Gasteiger partial charge in [-0.2, -0.15) is 0 Å². The van der Waals surface area contributed by atoms with Gasteiger partial charge in [-0.1, -0.05) is 24.3 Å². The van der Waals surface area contributed by atoms with Crippen molar-refractivity contribution in [3.8, 4) is 10.4 Å². The first-order chi connectivity index (χ1) is 8.09. The van der Waals surface area contributed by atoms with Gasteiger partial charge in [0.2, 0.25) is 0 Å². The van der Waals surface area contributed by atoms with E-state index in [9.17, 15) is 4.79 Å². The lowest BCUT2D eigenvalue weighted by Gasteiger charge is -2.07. The van der Waals surface area contributed by atoms with E-state index >= 15 is 0 Å². The Morgan fingerprint density at radius 1 is 1.39 bits per heavy atom. The average molecular weight is 285 g/mol. The van der Waals surface area contributed by atoms with Crippen molar-refractivity contribution in [3.63, 3.8) is 0 Å². The first-order valence-electron chi connectivity index (χ1n) is 5.08. The van der Waals surface area contributed by atoms with Gasteiger partial charge in [0.05, 0.1) is 16.1 Å². The predicted molar refractivity (Wildman–Crippen MR) is 74.1 cm³/mol. The number of aromatic nitrogens is 1. The predicted octanol–water partition coefficient (Wildman–Crippen LogP) is 2.62. The fourth-order valence-electron chi connectivity index (χ4n) is 1.56. The molecule has 4 nitrogen and oxygen atoms in total. The smallest absolute Gasteiger partial charge is 0.325 e. The summed E-state index contributed by atoms with van der Waals surface area (Å²) < 4.78 is 0. The molecule has 1 atom stereocenters. The summed E-state index contributed by atoms with van der Waals surface area (Å²) >= 11 is 1.56. The number of carboxylic acid groups (broad SMARTS) is 1. The number of halogens is 1. The molecule has 1 aromatic carbocycles. The van der Waals surface area contributed by atoms with Crippen molar-refractivity contribution >= 4 is 29.7 Å². The van der Waals surface area contributed by atoms with E-state index in [4.69, 9.17) is 10.8 Å². The summed E-state index contributed by atoms with van der Waals surface area (Å²) in [6.07, 6.45) is 0. The van der Waals surface area contributed by atoms with E-state index in [1.165, 1.54) is 0 Å². The number of rotatable bonds is 3. The average Bonchev–Trinajstić information content (AvgIpc) is 2.74. The molecule has 0 fully saturated rings. The van der Waals surface area contributed by atoms with Crippen LogP contribution in [0.5, 0.6) is 0 Å². The maximum atomic E-state index is 10.7. The van der Waals surface area contributed by atoms with Crippen molar-refractivity contribution in [2.45, 2.75) is 13.0 Å². The van der Waals surface area contributed by atoms with Crippen LogP contribution in [0.4, 0.5) is 0 Å². The SMILES string of the molecule is Cc1ncsc1-c1ccc([C@@H](N)C(=O)O)cc1.Cl. The summed E-state index contributed by atoms with van der Waals surface area (Å²) in [4.78, 5) is 16.0. The summed E-state index contributed by atoms with van der Waals surface area (Å²) in [6.45, 7) is 1.95. The molecule has 96 valence electrons. The molecule has 6 heteroatoms. The minimum absolute atomic E-state index is 0. The molecule has 2 rings (SSSR count). The first-order valence-corrected chi connectivity index (χ1v) is 5.96.